The predicted octanol–water partition coefficient (Wildman–Crippen LogP) is 1.93. The fourth-order valence-electron chi connectivity index (χ4n) is 0.872. The van der Waals surface area contributed by atoms with Crippen molar-refractivity contribution in [3.05, 3.63) is 12.8 Å². The Bertz CT molecular complexity index is 83.6. The van der Waals surface area contributed by atoms with Crippen LogP contribution in [0.25, 0.3) is 0 Å². The molecule has 1 N–H and O–H groups in total. The Morgan fingerprint density at radius 1 is 1.36 bits per heavy atom. The minimum atomic E-state index is 0.815. The van der Waals surface area contributed by atoms with E-state index in [2.05, 4.69) is 18.8 Å². The molecule has 0 spiro atoms. The van der Waals surface area contributed by atoms with Crippen molar-refractivity contribution in [2.45, 2.75) is 26.2 Å². The van der Waals surface area contributed by atoms with Crippen molar-refractivity contribution in [2.24, 2.45) is 0 Å². The Morgan fingerprint density at radius 3 is 2.82 bits per heavy atom. The summed E-state index contributed by atoms with van der Waals surface area (Å²) in [6.45, 7) is 8.62. The van der Waals surface area contributed by atoms with Gasteiger partial charge < -0.3 is 10.1 Å². The van der Waals surface area contributed by atoms with Crippen LogP contribution in [0.2, 0.25) is 0 Å². The van der Waals surface area contributed by atoms with Crippen LogP contribution >= 0.6 is 0 Å². The first-order valence-electron chi connectivity index (χ1n) is 4.35. The SMILES string of the molecule is C=COCCCCCNCC. The van der Waals surface area contributed by atoms with Crippen LogP contribution in [0.4, 0.5) is 0 Å². The summed E-state index contributed by atoms with van der Waals surface area (Å²) in [6, 6.07) is 0. The molecule has 66 valence electrons. The molecule has 0 bridgehead atoms. The molecule has 0 saturated carbocycles. The standard InChI is InChI=1S/C9H19NO/c1-3-10-8-6-5-7-9-11-4-2/h4,10H,2-3,5-9H2,1H3. The summed E-state index contributed by atoms with van der Waals surface area (Å²) in [5, 5.41) is 3.28. The van der Waals surface area contributed by atoms with Gasteiger partial charge in [0, 0.05) is 0 Å². The quantitative estimate of drug-likeness (QED) is 0.429. The van der Waals surface area contributed by atoms with E-state index in [0.717, 1.165) is 26.1 Å². The molecule has 2 nitrogen and oxygen atoms in total. The second-order valence-corrected chi connectivity index (χ2v) is 2.45. The highest BCUT2D eigenvalue weighted by Gasteiger charge is 1.87. The molecule has 0 rings (SSSR count). The van der Waals surface area contributed by atoms with E-state index >= 15 is 0 Å². The van der Waals surface area contributed by atoms with Crippen molar-refractivity contribution in [3.63, 3.8) is 0 Å². The van der Waals surface area contributed by atoms with Crippen LogP contribution in [0.5, 0.6) is 0 Å². The van der Waals surface area contributed by atoms with Gasteiger partial charge in [0.1, 0.15) is 0 Å². The summed E-state index contributed by atoms with van der Waals surface area (Å²) >= 11 is 0. The maximum absolute atomic E-state index is 4.98. The highest BCUT2D eigenvalue weighted by atomic mass is 16.5. The minimum Gasteiger partial charge on any atom is -0.502 e. The van der Waals surface area contributed by atoms with E-state index in [1.807, 2.05) is 0 Å². The number of rotatable bonds is 8. The first kappa shape index (κ1) is 10.5. The van der Waals surface area contributed by atoms with Gasteiger partial charge in [-0.2, -0.15) is 0 Å². The van der Waals surface area contributed by atoms with Gasteiger partial charge in [-0.3, -0.25) is 0 Å². The van der Waals surface area contributed by atoms with Crippen molar-refractivity contribution in [1.29, 1.82) is 0 Å². The van der Waals surface area contributed by atoms with Crippen LogP contribution in [-0.4, -0.2) is 19.7 Å². The zero-order valence-corrected chi connectivity index (χ0v) is 7.44. The van der Waals surface area contributed by atoms with Gasteiger partial charge in [0.05, 0.1) is 12.9 Å². The van der Waals surface area contributed by atoms with Gasteiger partial charge in [-0.1, -0.05) is 13.5 Å². The van der Waals surface area contributed by atoms with Crippen molar-refractivity contribution in [2.75, 3.05) is 19.7 Å². The van der Waals surface area contributed by atoms with Gasteiger partial charge in [0.15, 0.2) is 0 Å². The Labute approximate surface area is 69.6 Å². The molecule has 0 aromatic rings. The zero-order valence-electron chi connectivity index (χ0n) is 7.44. The third-order valence-electron chi connectivity index (χ3n) is 1.48. The van der Waals surface area contributed by atoms with E-state index in [1.165, 1.54) is 19.1 Å². The number of hydrogen-bond acceptors (Lipinski definition) is 2. The van der Waals surface area contributed by atoms with Crippen LogP contribution in [0.15, 0.2) is 12.8 Å². The molecule has 0 saturated heterocycles. The summed E-state index contributed by atoms with van der Waals surface area (Å²) in [4.78, 5) is 0. The molecule has 0 fully saturated rings. The van der Waals surface area contributed by atoms with E-state index in [1.54, 1.807) is 0 Å². The average molecular weight is 157 g/mol. The second kappa shape index (κ2) is 9.50. The van der Waals surface area contributed by atoms with Crippen molar-refractivity contribution in [1.82, 2.24) is 5.32 Å². The summed E-state index contributed by atoms with van der Waals surface area (Å²) in [5.74, 6) is 0. The maximum Gasteiger partial charge on any atom is 0.0873 e. The van der Waals surface area contributed by atoms with Crippen LogP contribution < -0.4 is 5.32 Å². The molecule has 0 aromatic heterocycles. The van der Waals surface area contributed by atoms with E-state index < -0.39 is 0 Å². The number of ether oxygens (including phenoxy) is 1. The number of unbranched alkanes of at least 4 members (excludes halogenated alkanes) is 2. The molecule has 2 heteroatoms. The van der Waals surface area contributed by atoms with E-state index in [-0.39, 0.29) is 0 Å². The number of nitrogens with one attached hydrogen (secondary N) is 1. The maximum atomic E-state index is 4.98. The lowest BCUT2D eigenvalue weighted by atomic mass is 10.2. The molecule has 0 aromatic carbocycles. The van der Waals surface area contributed by atoms with Crippen LogP contribution in [0.1, 0.15) is 26.2 Å². The molecule has 0 aliphatic rings. The first-order valence-corrected chi connectivity index (χ1v) is 4.35. The lowest BCUT2D eigenvalue weighted by Gasteiger charge is -2.01. The van der Waals surface area contributed by atoms with Gasteiger partial charge >= 0.3 is 0 Å². The summed E-state index contributed by atoms with van der Waals surface area (Å²) in [7, 11) is 0. The number of hydrogen-bond donors (Lipinski definition) is 1. The summed E-state index contributed by atoms with van der Waals surface area (Å²) in [6.07, 6.45) is 5.12. The fraction of sp³-hybridized carbons (Fsp3) is 0.778. The Hall–Kier alpha value is -0.500. The molecule has 0 aliphatic heterocycles. The normalized spacial score (nSPS) is 9.55. The lowest BCUT2D eigenvalue weighted by Crippen LogP contribution is -2.13. The first-order chi connectivity index (χ1) is 5.41. The van der Waals surface area contributed by atoms with E-state index in [9.17, 15) is 0 Å². The molecule has 11 heavy (non-hydrogen) atoms. The molecular formula is C9H19NO. The highest BCUT2D eigenvalue weighted by molar-refractivity contribution is 4.50. The molecular weight excluding hydrogens is 138 g/mol. The van der Waals surface area contributed by atoms with Crippen LogP contribution in [0, 0.1) is 0 Å². The van der Waals surface area contributed by atoms with Gasteiger partial charge in [-0.25, -0.2) is 0 Å². The Balaban J connectivity index is 2.74. The predicted molar refractivity (Wildman–Crippen MR) is 48.5 cm³/mol. The topological polar surface area (TPSA) is 21.3 Å². The third-order valence-corrected chi connectivity index (χ3v) is 1.48. The van der Waals surface area contributed by atoms with E-state index in [0.29, 0.717) is 0 Å². The second-order valence-electron chi connectivity index (χ2n) is 2.45. The summed E-state index contributed by atoms with van der Waals surface area (Å²) < 4.78 is 4.98. The zero-order chi connectivity index (χ0) is 8.36. The molecule has 0 unspecified atom stereocenters. The van der Waals surface area contributed by atoms with Gasteiger partial charge in [0.2, 0.25) is 0 Å². The Kier molecular flexibility index (Phi) is 9.07. The van der Waals surface area contributed by atoms with Crippen LogP contribution in [0.3, 0.4) is 0 Å². The largest absolute Gasteiger partial charge is 0.502 e. The monoisotopic (exact) mass is 157 g/mol. The van der Waals surface area contributed by atoms with Crippen molar-refractivity contribution in [3.8, 4) is 0 Å². The smallest absolute Gasteiger partial charge is 0.0873 e. The van der Waals surface area contributed by atoms with Crippen molar-refractivity contribution < 1.29 is 4.74 Å². The summed E-state index contributed by atoms with van der Waals surface area (Å²) in [5.41, 5.74) is 0. The van der Waals surface area contributed by atoms with Gasteiger partial charge in [0.25, 0.3) is 0 Å². The third kappa shape index (κ3) is 9.50. The van der Waals surface area contributed by atoms with Crippen LogP contribution in [-0.2, 0) is 4.74 Å². The van der Waals surface area contributed by atoms with E-state index in [4.69, 9.17) is 4.74 Å². The molecule has 0 atom stereocenters. The van der Waals surface area contributed by atoms with Gasteiger partial charge in [-0.05, 0) is 32.4 Å². The average Bonchev–Trinajstić information content (AvgIpc) is 2.03. The molecule has 0 aliphatic carbocycles. The minimum absolute atomic E-state index is 0.815. The van der Waals surface area contributed by atoms with Crippen molar-refractivity contribution >= 4 is 0 Å². The van der Waals surface area contributed by atoms with Gasteiger partial charge in [-0.15, -0.1) is 0 Å². The lowest BCUT2D eigenvalue weighted by molar-refractivity contribution is 0.242. The fourth-order valence-corrected chi connectivity index (χ4v) is 0.872. The molecule has 0 radical (unpaired) electrons. The molecule has 0 amide bonds. The molecule has 0 heterocycles. The highest BCUT2D eigenvalue weighted by Crippen LogP contribution is 1.94. The Morgan fingerprint density at radius 2 is 2.18 bits per heavy atom.